The van der Waals surface area contributed by atoms with Crippen LogP contribution in [0.15, 0.2) is 6.07 Å². The van der Waals surface area contributed by atoms with Crippen LogP contribution in [0.3, 0.4) is 0 Å². The molecule has 1 fully saturated rings. The highest BCUT2D eigenvalue weighted by Gasteiger charge is 2.28. The Labute approximate surface area is 114 Å². The summed E-state index contributed by atoms with van der Waals surface area (Å²) in [4.78, 5) is 11.3. The number of methoxy groups -OCH3 is 1. The summed E-state index contributed by atoms with van der Waals surface area (Å²) in [5.74, 6) is 8.49. The number of ether oxygens (including phenoxy) is 1. The predicted octanol–water partition coefficient (Wildman–Crippen LogP) is 1.50. The Morgan fingerprint density at radius 2 is 2.26 bits per heavy atom. The van der Waals surface area contributed by atoms with Gasteiger partial charge in [-0.1, -0.05) is 0 Å². The van der Waals surface area contributed by atoms with E-state index in [1.165, 1.54) is 12.8 Å². The highest BCUT2D eigenvalue weighted by molar-refractivity contribution is 5.50. The molecule has 6 heteroatoms. The number of nitrogen functional groups attached to an aromatic ring is 1. The average Bonchev–Trinajstić information content (AvgIpc) is 3.24. The summed E-state index contributed by atoms with van der Waals surface area (Å²) >= 11 is 0. The lowest BCUT2D eigenvalue weighted by molar-refractivity contribution is 0.181. The fraction of sp³-hybridized carbons (Fsp3) is 0.692. The molecule has 0 amide bonds. The van der Waals surface area contributed by atoms with E-state index in [1.807, 2.05) is 6.07 Å². The minimum absolute atomic E-state index is 0.266. The molecule has 0 bridgehead atoms. The number of nitrogens with zero attached hydrogens (tertiary/aromatic N) is 3. The number of hydrogen-bond donors (Lipinski definition) is 2. The number of anilines is 2. The molecule has 1 unspecified atom stereocenters. The summed E-state index contributed by atoms with van der Waals surface area (Å²) < 4.78 is 5.23. The van der Waals surface area contributed by atoms with Gasteiger partial charge in [0.15, 0.2) is 0 Å². The van der Waals surface area contributed by atoms with Crippen LogP contribution in [0.5, 0.6) is 0 Å². The molecular formula is C13H23N5O. The molecule has 0 saturated heterocycles. The van der Waals surface area contributed by atoms with Crippen molar-refractivity contribution in [3.8, 4) is 0 Å². The number of aromatic nitrogens is 2. The van der Waals surface area contributed by atoms with Crippen LogP contribution in [0, 0.1) is 0 Å². The smallest absolute Gasteiger partial charge is 0.145 e. The molecule has 0 radical (unpaired) electrons. The van der Waals surface area contributed by atoms with E-state index in [0.29, 0.717) is 18.3 Å². The van der Waals surface area contributed by atoms with Crippen molar-refractivity contribution in [2.75, 3.05) is 30.6 Å². The van der Waals surface area contributed by atoms with Gasteiger partial charge in [-0.3, -0.25) is 0 Å². The average molecular weight is 265 g/mol. The van der Waals surface area contributed by atoms with Gasteiger partial charge in [0.25, 0.3) is 0 Å². The molecule has 6 nitrogen and oxygen atoms in total. The lowest BCUT2D eigenvalue weighted by Gasteiger charge is -2.29. The number of hydrazine groups is 1. The molecule has 1 saturated carbocycles. The number of likely N-dealkylation sites (N-methyl/N-ethyl adjacent to an activating group) is 1. The van der Waals surface area contributed by atoms with Crippen LogP contribution in [-0.4, -0.2) is 36.3 Å². The summed E-state index contributed by atoms with van der Waals surface area (Å²) in [5, 5.41) is 0. The molecule has 1 aromatic rings. The Morgan fingerprint density at radius 3 is 2.79 bits per heavy atom. The standard InChI is InChI=1S/C13H23N5O/c1-4-18(9(2)8-19-3)12-7-11(17-14)15-13(16-12)10-5-6-10/h7,9-10H,4-6,8,14H2,1-3H3,(H,15,16,17). The molecule has 0 spiro atoms. The zero-order valence-electron chi connectivity index (χ0n) is 11.9. The summed E-state index contributed by atoms with van der Waals surface area (Å²) in [7, 11) is 1.72. The lowest BCUT2D eigenvalue weighted by Crippen LogP contribution is -2.37. The van der Waals surface area contributed by atoms with Crippen molar-refractivity contribution >= 4 is 11.6 Å². The Hall–Kier alpha value is -1.40. The normalized spacial score (nSPS) is 16.2. The van der Waals surface area contributed by atoms with Crippen LogP contribution in [-0.2, 0) is 4.74 Å². The minimum atomic E-state index is 0.266. The molecule has 1 atom stereocenters. The summed E-state index contributed by atoms with van der Waals surface area (Å²) in [6.07, 6.45) is 2.35. The number of nitrogens with one attached hydrogen (secondary N) is 1. The van der Waals surface area contributed by atoms with E-state index in [2.05, 4.69) is 34.1 Å². The van der Waals surface area contributed by atoms with Gasteiger partial charge in [0.05, 0.1) is 12.6 Å². The van der Waals surface area contributed by atoms with E-state index in [0.717, 1.165) is 18.2 Å². The zero-order valence-corrected chi connectivity index (χ0v) is 11.9. The highest BCUT2D eigenvalue weighted by atomic mass is 16.5. The topological polar surface area (TPSA) is 76.3 Å². The van der Waals surface area contributed by atoms with Crippen molar-refractivity contribution in [2.24, 2.45) is 5.84 Å². The van der Waals surface area contributed by atoms with Gasteiger partial charge in [-0.25, -0.2) is 15.8 Å². The first-order chi connectivity index (χ1) is 9.19. The Morgan fingerprint density at radius 1 is 1.53 bits per heavy atom. The van der Waals surface area contributed by atoms with E-state index < -0.39 is 0 Å². The highest BCUT2D eigenvalue weighted by Crippen LogP contribution is 2.39. The molecular weight excluding hydrogens is 242 g/mol. The lowest BCUT2D eigenvalue weighted by atomic mass is 10.3. The Kier molecular flexibility index (Phi) is 4.55. The van der Waals surface area contributed by atoms with E-state index in [4.69, 9.17) is 10.6 Å². The molecule has 0 aromatic carbocycles. The molecule has 1 heterocycles. The first kappa shape index (κ1) is 14.0. The third-order valence-electron chi connectivity index (χ3n) is 3.40. The maximum absolute atomic E-state index is 5.50. The Balaban J connectivity index is 2.27. The van der Waals surface area contributed by atoms with Crippen molar-refractivity contribution in [3.63, 3.8) is 0 Å². The van der Waals surface area contributed by atoms with E-state index >= 15 is 0 Å². The molecule has 3 N–H and O–H groups in total. The van der Waals surface area contributed by atoms with Gasteiger partial charge >= 0.3 is 0 Å². The van der Waals surface area contributed by atoms with Gasteiger partial charge < -0.3 is 15.1 Å². The van der Waals surface area contributed by atoms with Gasteiger partial charge in [-0.15, -0.1) is 0 Å². The van der Waals surface area contributed by atoms with Gasteiger partial charge in [-0.2, -0.15) is 0 Å². The largest absolute Gasteiger partial charge is 0.383 e. The molecule has 0 aliphatic heterocycles. The van der Waals surface area contributed by atoms with E-state index in [9.17, 15) is 0 Å². The first-order valence-electron chi connectivity index (χ1n) is 6.80. The fourth-order valence-electron chi connectivity index (χ4n) is 2.23. The molecule has 2 rings (SSSR count). The van der Waals surface area contributed by atoms with Crippen LogP contribution < -0.4 is 16.2 Å². The third-order valence-corrected chi connectivity index (χ3v) is 3.40. The van der Waals surface area contributed by atoms with Crippen molar-refractivity contribution in [1.82, 2.24) is 9.97 Å². The summed E-state index contributed by atoms with van der Waals surface area (Å²) in [5.41, 5.74) is 2.63. The zero-order chi connectivity index (χ0) is 13.8. The second kappa shape index (κ2) is 6.16. The molecule has 19 heavy (non-hydrogen) atoms. The quantitative estimate of drug-likeness (QED) is 0.575. The minimum Gasteiger partial charge on any atom is -0.383 e. The first-order valence-corrected chi connectivity index (χ1v) is 6.80. The van der Waals surface area contributed by atoms with Crippen LogP contribution >= 0.6 is 0 Å². The summed E-state index contributed by atoms with van der Waals surface area (Å²) in [6, 6.07) is 2.16. The van der Waals surface area contributed by atoms with Gasteiger partial charge in [-0.05, 0) is 26.7 Å². The maximum Gasteiger partial charge on any atom is 0.145 e. The predicted molar refractivity (Wildman–Crippen MR) is 76.2 cm³/mol. The van der Waals surface area contributed by atoms with E-state index in [-0.39, 0.29) is 6.04 Å². The molecule has 1 aliphatic carbocycles. The van der Waals surface area contributed by atoms with Crippen LogP contribution in [0.4, 0.5) is 11.6 Å². The number of rotatable bonds is 7. The van der Waals surface area contributed by atoms with Crippen molar-refractivity contribution in [1.29, 1.82) is 0 Å². The number of hydrogen-bond acceptors (Lipinski definition) is 6. The van der Waals surface area contributed by atoms with E-state index in [1.54, 1.807) is 7.11 Å². The SMILES string of the molecule is CCN(c1cc(NN)nc(C2CC2)n1)C(C)COC. The molecule has 106 valence electrons. The second-order valence-corrected chi connectivity index (χ2v) is 4.98. The number of nitrogens with two attached hydrogens (primary N) is 1. The van der Waals surface area contributed by atoms with Gasteiger partial charge in [0.2, 0.25) is 0 Å². The Bertz CT molecular complexity index is 421. The fourth-order valence-corrected chi connectivity index (χ4v) is 2.23. The third kappa shape index (κ3) is 3.33. The van der Waals surface area contributed by atoms with Crippen molar-refractivity contribution in [2.45, 2.75) is 38.6 Å². The molecule has 1 aliphatic rings. The van der Waals surface area contributed by atoms with Gasteiger partial charge in [0.1, 0.15) is 17.5 Å². The molecule has 1 aromatic heterocycles. The maximum atomic E-state index is 5.50. The van der Waals surface area contributed by atoms with Crippen molar-refractivity contribution in [3.05, 3.63) is 11.9 Å². The second-order valence-electron chi connectivity index (χ2n) is 4.98. The summed E-state index contributed by atoms with van der Waals surface area (Å²) in [6.45, 7) is 5.78. The monoisotopic (exact) mass is 265 g/mol. The van der Waals surface area contributed by atoms with Crippen LogP contribution in [0.25, 0.3) is 0 Å². The van der Waals surface area contributed by atoms with Crippen molar-refractivity contribution < 1.29 is 4.74 Å². The van der Waals surface area contributed by atoms with Crippen LogP contribution in [0.1, 0.15) is 38.4 Å². The van der Waals surface area contributed by atoms with Crippen LogP contribution in [0.2, 0.25) is 0 Å². The van der Waals surface area contributed by atoms with Gasteiger partial charge in [0, 0.05) is 25.6 Å².